The summed E-state index contributed by atoms with van der Waals surface area (Å²) in [4.78, 5) is 1.26. The minimum Gasteiger partial charge on any atom is -0.383 e. The molecule has 2 aliphatic rings. The van der Waals surface area contributed by atoms with E-state index in [1.807, 2.05) is 6.08 Å². The van der Waals surface area contributed by atoms with Crippen LogP contribution in [-0.4, -0.2) is 6.54 Å². The molecule has 0 saturated carbocycles. The Morgan fingerprint density at radius 1 is 1.44 bits per heavy atom. The second kappa shape index (κ2) is 9.36. The van der Waals surface area contributed by atoms with E-state index < -0.39 is 0 Å². The Labute approximate surface area is 169 Å². The first-order chi connectivity index (χ1) is 13.1. The molecule has 3 rings (SSSR count). The predicted molar refractivity (Wildman–Crippen MR) is 120 cm³/mol. The molecule has 0 amide bonds. The van der Waals surface area contributed by atoms with E-state index in [0.29, 0.717) is 17.8 Å². The number of allylic oxidation sites excluding steroid dienone is 6. The molecule has 0 fully saturated rings. The zero-order valence-corrected chi connectivity index (χ0v) is 17.4. The molecule has 1 heterocycles. The van der Waals surface area contributed by atoms with E-state index in [4.69, 9.17) is 0 Å². The van der Waals surface area contributed by atoms with Gasteiger partial charge in [-0.15, -0.1) is 6.58 Å². The van der Waals surface area contributed by atoms with Crippen LogP contribution in [-0.2, 0) is 0 Å². The van der Waals surface area contributed by atoms with Crippen LogP contribution in [0.15, 0.2) is 71.8 Å². The predicted octanol–water partition coefficient (Wildman–Crippen LogP) is 6.82. The summed E-state index contributed by atoms with van der Waals surface area (Å²) < 4.78 is 3.43. The van der Waals surface area contributed by atoms with Crippen molar-refractivity contribution >= 4 is 17.6 Å². The van der Waals surface area contributed by atoms with E-state index in [0.717, 1.165) is 31.5 Å². The molecular weight excluding hydrogens is 348 g/mol. The maximum absolute atomic E-state index is 4.17. The van der Waals surface area contributed by atoms with Crippen molar-refractivity contribution in [2.45, 2.75) is 50.3 Å². The third-order valence-electron chi connectivity index (χ3n) is 5.51. The fraction of sp³-hybridized carbons (Fsp3) is 0.417. The van der Waals surface area contributed by atoms with Crippen LogP contribution in [0.3, 0.4) is 0 Å². The van der Waals surface area contributed by atoms with Crippen molar-refractivity contribution in [1.82, 2.24) is 4.72 Å². The van der Waals surface area contributed by atoms with Crippen LogP contribution in [0, 0.1) is 11.8 Å². The molecule has 3 heteroatoms. The Morgan fingerprint density at radius 3 is 3.04 bits per heavy atom. The summed E-state index contributed by atoms with van der Waals surface area (Å²) in [6, 6.07) is 6.64. The van der Waals surface area contributed by atoms with Gasteiger partial charge in [-0.2, -0.15) is 0 Å². The number of anilines is 1. The molecular formula is C24H32N2S. The maximum Gasteiger partial charge on any atom is 0.0532 e. The van der Waals surface area contributed by atoms with Crippen molar-refractivity contribution in [3.8, 4) is 0 Å². The Balaban J connectivity index is 1.59. The van der Waals surface area contributed by atoms with Crippen LogP contribution in [0.1, 0.15) is 51.0 Å². The number of fused-ring (bicyclic) bond motifs is 1. The van der Waals surface area contributed by atoms with Gasteiger partial charge in [0.1, 0.15) is 0 Å². The number of para-hydroxylation sites is 1. The molecule has 0 saturated heterocycles. The monoisotopic (exact) mass is 380 g/mol. The molecule has 0 radical (unpaired) electrons. The molecule has 1 aromatic rings. The first kappa shape index (κ1) is 19.9. The lowest BCUT2D eigenvalue weighted by atomic mass is 9.89. The minimum absolute atomic E-state index is 0.531. The number of rotatable bonds is 9. The molecule has 3 atom stereocenters. The topological polar surface area (TPSA) is 24.1 Å². The molecule has 1 aliphatic carbocycles. The summed E-state index contributed by atoms with van der Waals surface area (Å²) in [5.74, 6) is 1.77. The highest BCUT2D eigenvalue weighted by Gasteiger charge is 2.25. The highest BCUT2D eigenvalue weighted by molar-refractivity contribution is 7.97. The second-order valence-electron chi connectivity index (χ2n) is 7.91. The van der Waals surface area contributed by atoms with Crippen LogP contribution < -0.4 is 10.0 Å². The van der Waals surface area contributed by atoms with E-state index in [1.54, 1.807) is 11.9 Å². The summed E-state index contributed by atoms with van der Waals surface area (Å²) in [6.07, 6.45) is 13.4. The lowest BCUT2D eigenvalue weighted by Crippen LogP contribution is -2.05. The third-order valence-corrected chi connectivity index (χ3v) is 6.46. The van der Waals surface area contributed by atoms with Gasteiger partial charge in [0.2, 0.25) is 0 Å². The van der Waals surface area contributed by atoms with Crippen molar-refractivity contribution in [2.24, 2.45) is 11.8 Å². The van der Waals surface area contributed by atoms with Crippen LogP contribution in [0.5, 0.6) is 0 Å². The molecule has 0 spiro atoms. The van der Waals surface area contributed by atoms with E-state index >= 15 is 0 Å². The summed E-state index contributed by atoms with van der Waals surface area (Å²) >= 11 is 1.68. The molecule has 0 bridgehead atoms. The summed E-state index contributed by atoms with van der Waals surface area (Å²) in [5.41, 5.74) is 5.29. The van der Waals surface area contributed by atoms with Crippen LogP contribution in [0.25, 0.3) is 0 Å². The van der Waals surface area contributed by atoms with E-state index in [2.05, 4.69) is 73.5 Å². The highest BCUT2D eigenvalue weighted by atomic mass is 32.2. The largest absolute Gasteiger partial charge is 0.383 e. The standard InChI is InChI=1S/C24H32N2S/c1-5-17(2)9-12-19(4)26-27-23-8-6-7-22-21(16-25-24(22)23)15-20-13-10-18(3)11-14-20/h5-8,10,13-14,17-18,21,25-26H,1,4,9,11-12,15-16H2,2-3H3. The number of nitrogens with one attached hydrogen (secondary N) is 2. The maximum atomic E-state index is 4.17. The van der Waals surface area contributed by atoms with Crippen molar-refractivity contribution in [2.75, 3.05) is 11.9 Å². The summed E-state index contributed by atoms with van der Waals surface area (Å²) in [5, 5.41) is 3.65. The normalized spacial score (nSPS) is 21.8. The van der Waals surface area contributed by atoms with Crippen LogP contribution in [0.2, 0.25) is 0 Å². The lowest BCUT2D eigenvalue weighted by molar-refractivity contribution is 0.640. The fourth-order valence-electron chi connectivity index (χ4n) is 3.59. The fourth-order valence-corrected chi connectivity index (χ4v) is 4.38. The second-order valence-corrected chi connectivity index (χ2v) is 8.76. The average molecular weight is 381 g/mol. The Hall–Kier alpha value is -1.87. The molecule has 1 aliphatic heterocycles. The van der Waals surface area contributed by atoms with E-state index in [1.165, 1.54) is 28.1 Å². The van der Waals surface area contributed by atoms with Gasteiger partial charge in [-0.1, -0.05) is 62.4 Å². The molecule has 144 valence electrons. The number of hydrogen-bond donors (Lipinski definition) is 2. The van der Waals surface area contributed by atoms with Gasteiger partial charge in [-0.05, 0) is 61.1 Å². The van der Waals surface area contributed by atoms with E-state index in [-0.39, 0.29) is 0 Å². The highest BCUT2D eigenvalue weighted by Crippen LogP contribution is 2.41. The smallest absolute Gasteiger partial charge is 0.0532 e. The molecule has 2 N–H and O–H groups in total. The number of hydrogen-bond acceptors (Lipinski definition) is 3. The van der Waals surface area contributed by atoms with Gasteiger partial charge >= 0.3 is 0 Å². The zero-order valence-electron chi connectivity index (χ0n) is 16.6. The quantitative estimate of drug-likeness (QED) is 0.363. The van der Waals surface area contributed by atoms with Crippen molar-refractivity contribution < 1.29 is 0 Å². The Kier molecular flexibility index (Phi) is 6.89. The van der Waals surface area contributed by atoms with Crippen LogP contribution in [0.4, 0.5) is 5.69 Å². The van der Waals surface area contributed by atoms with Gasteiger partial charge in [0.25, 0.3) is 0 Å². The third kappa shape index (κ3) is 5.32. The Morgan fingerprint density at radius 2 is 2.30 bits per heavy atom. The zero-order chi connectivity index (χ0) is 19.2. The summed E-state index contributed by atoms with van der Waals surface area (Å²) in [6.45, 7) is 13.5. The van der Waals surface area contributed by atoms with Gasteiger partial charge in [0, 0.05) is 18.2 Å². The van der Waals surface area contributed by atoms with Gasteiger partial charge < -0.3 is 10.0 Å². The first-order valence-corrected chi connectivity index (χ1v) is 10.9. The van der Waals surface area contributed by atoms with Gasteiger partial charge in [-0.25, -0.2) is 0 Å². The van der Waals surface area contributed by atoms with Gasteiger partial charge in [-0.3, -0.25) is 0 Å². The van der Waals surface area contributed by atoms with Gasteiger partial charge in [0.15, 0.2) is 0 Å². The molecule has 0 aromatic heterocycles. The van der Waals surface area contributed by atoms with Gasteiger partial charge in [0.05, 0.1) is 10.6 Å². The van der Waals surface area contributed by atoms with E-state index in [9.17, 15) is 0 Å². The van der Waals surface area contributed by atoms with Crippen LogP contribution >= 0.6 is 11.9 Å². The molecule has 27 heavy (non-hydrogen) atoms. The van der Waals surface area contributed by atoms with Crippen molar-refractivity contribution in [1.29, 1.82) is 0 Å². The lowest BCUT2D eigenvalue weighted by Gasteiger charge is -2.16. The number of benzene rings is 1. The molecule has 1 aromatic carbocycles. The first-order valence-electron chi connectivity index (χ1n) is 10.0. The molecule has 2 nitrogen and oxygen atoms in total. The SMILES string of the molecule is C=CC(C)CCC(=C)NSc1cccc2c1NCC2CC1=CCC(C)C=C1. The minimum atomic E-state index is 0.531. The molecule has 3 unspecified atom stereocenters. The summed E-state index contributed by atoms with van der Waals surface area (Å²) in [7, 11) is 0. The Bertz CT molecular complexity index is 747. The van der Waals surface area contributed by atoms with Crippen molar-refractivity contribution in [3.05, 3.63) is 72.5 Å². The van der Waals surface area contributed by atoms with Crippen molar-refractivity contribution in [3.63, 3.8) is 0 Å². The average Bonchev–Trinajstić information content (AvgIpc) is 3.09.